The maximum Gasteiger partial charge on any atom is 0.311 e. The molecule has 0 radical (unpaired) electrons. The van der Waals surface area contributed by atoms with Gasteiger partial charge in [-0.3, -0.25) is 19.2 Å². The Morgan fingerprint density at radius 3 is 1.70 bits per heavy atom. The molecule has 5 atom stereocenters. The summed E-state index contributed by atoms with van der Waals surface area (Å²) < 4.78 is 0. The third-order valence-corrected chi connectivity index (χ3v) is 4.75. The summed E-state index contributed by atoms with van der Waals surface area (Å²) in [5, 5.41) is 36.9. The molecule has 20 heavy (non-hydrogen) atoms. The maximum atomic E-state index is 11.6. The summed E-state index contributed by atoms with van der Waals surface area (Å²) in [5.41, 5.74) is -1.91. The molecule has 2 aliphatic carbocycles. The molecule has 0 amide bonds. The molecule has 0 aliphatic heterocycles. The molecule has 2 rings (SSSR count). The van der Waals surface area contributed by atoms with Gasteiger partial charge in [-0.05, 0) is 25.2 Å². The van der Waals surface area contributed by atoms with Gasteiger partial charge in [-0.2, -0.15) is 0 Å². The second kappa shape index (κ2) is 4.46. The molecule has 0 saturated heterocycles. The van der Waals surface area contributed by atoms with E-state index in [1.165, 1.54) is 0 Å². The molecule has 4 N–H and O–H groups in total. The Morgan fingerprint density at radius 1 is 0.800 bits per heavy atom. The topological polar surface area (TPSA) is 149 Å². The molecule has 5 unspecified atom stereocenters. The van der Waals surface area contributed by atoms with Crippen molar-refractivity contribution in [3.05, 3.63) is 0 Å². The van der Waals surface area contributed by atoms with Gasteiger partial charge in [0.25, 0.3) is 0 Å². The Labute approximate surface area is 113 Å². The van der Waals surface area contributed by atoms with E-state index in [0.717, 1.165) is 0 Å². The van der Waals surface area contributed by atoms with Crippen LogP contribution in [0.25, 0.3) is 0 Å². The van der Waals surface area contributed by atoms with Crippen LogP contribution in [0.5, 0.6) is 0 Å². The van der Waals surface area contributed by atoms with Crippen LogP contribution in [-0.4, -0.2) is 44.3 Å². The first kappa shape index (κ1) is 14.3. The molecule has 110 valence electrons. The van der Waals surface area contributed by atoms with Crippen molar-refractivity contribution >= 4 is 23.9 Å². The lowest BCUT2D eigenvalue weighted by Crippen LogP contribution is -2.50. The van der Waals surface area contributed by atoms with Crippen molar-refractivity contribution in [3.63, 3.8) is 0 Å². The van der Waals surface area contributed by atoms with Gasteiger partial charge in [0.05, 0.1) is 23.2 Å². The molecule has 0 aromatic rings. The van der Waals surface area contributed by atoms with Gasteiger partial charge in [0.15, 0.2) is 0 Å². The monoisotopic (exact) mass is 286 g/mol. The van der Waals surface area contributed by atoms with E-state index in [4.69, 9.17) is 5.11 Å². The van der Waals surface area contributed by atoms with Crippen LogP contribution < -0.4 is 0 Å². The molecular formula is C12H14O8. The second-order valence-electron chi connectivity index (χ2n) is 5.51. The lowest BCUT2D eigenvalue weighted by molar-refractivity contribution is -0.175. The Balaban J connectivity index is 2.54. The molecule has 2 fully saturated rings. The second-order valence-corrected chi connectivity index (χ2v) is 5.51. The highest BCUT2D eigenvalue weighted by Gasteiger charge is 2.67. The molecular weight excluding hydrogens is 272 g/mol. The van der Waals surface area contributed by atoms with Crippen LogP contribution in [0.1, 0.15) is 19.3 Å². The van der Waals surface area contributed by atoms with Crippen molar-refractivity contribution in [1.29, 1.82) is 0 Å². The normalized spacial score (nSPS) is 39.2. The molecule has 0 aromatic carbocycles. The van der Waals surface area contributed by atoms with Crippen LogP contribution >= 0.6 is 0 Å². The van der Waals surface area contributed by atoms with Gasteiger partial charge in [-0.1, -0.05) is 0 Å². The first-order valence-corrected chi connectivity index (χ1v) is 6.13. The highest BCUT2D eigenvalue weighted by atomic mass is 16.4. The van der Waals surface area contributed by atoms with Crippen LogP contribution in [0.4, 0.5) is 0 Å². The van der Waals surface area contributed by atoms with E-state index >= 15 is 0 Å². The van der Waals surface area contributed by atoms with E-state index in [2.05, 4.69) is 0 Å². The van der Waals surface area contributed by atoms with Crippen molar-refractivity contribution in [3.8, 4) is 0 Å². The first-order chi connectivity index (χ1) is 9.21. The van der Waals surface area contributed by atoms with Gasteiger partial charge < -0.3 is 20.4 Å². The standard InChI is InChI=1S/C12H14O8/c13-8(14)5-2-7(10(17)18)12(11(19)20)3-4(5)1-6(12)9(15)16/h4-7H,1-3H2,(H,13,14)(H,15,16)(H,17,18)(H,19,20). The number of aliphatic carboxylic acids is 4. The number of carboxylic acid groups (broad SMARTS) is 4. The van der Waals surface area contributed by atoms with E-state index < -0.39 is 53.0 Å². The van der Waals surface area contributed by atoms with Gasteiger partial charge >= 0.3 is 23.9 Å². The third kappa shape index (κ3) is 1.75. The van der Waals surface area contributed by atoms with Crippen LogP contribution in [0.3, 0.4) is 0 Å². The Hall–Kier alpha value is -2.12. The molecule has 2 aliphatic rings. The average molecular weight is 286 g/mol. The van der Waals surface area contributed by atoms with Gasteiger partial charge in [-0.25, -0.2) is 0 Å². The zero-order valence-corrected chi connectivity index (χ0v) is 10.4. The van der Waals surface area contributed by atoms with Crippen LogP contribution in [0, 0.1) is 29.1 Å². The minimum absolute atomic E-state index is 0.109. The summed E-state index contributed by atoms with van der Waals surface area (Å²) in [6, 6.07) is 0. The largest absolute Gasteiger partial charge is 0.481 e. The highest BCUT2D eigenvalue weighted by Crippen LogP contribution is 2.60. The van der Waals surface area contributed by atoms with E-state index in [-0.39, 0.29) is 19.3 Å². The number of hydrogen-bond acceptors (Lipinski definition) is 4. The zero-order valence-electron chi connectivity index (χ0n) is 10.4. The molecule has 8 heteroatoms. The zero-order chi connectivity index (χ0) is 15.2. The minimum atomic E-state index is -1.91. The van der Waals surface area contributed by atoms with E-state index in [9.17, 15) is 34.5 Å². The first-order valence-electron chi connectivity index (χ1n) is 6.13. The average Bonchev–Trinajstić information content (AvgIpc) is 2.65. The maximum absolute atomic E-state index is 11.6. The summed E-state index contributed by atoms with van der Waals surface area (Å²) in [5.74, 6) is -9.99. The fourth-order valence-electron chi connectivity index (χ4n) is 3.85. The summed E-state index contributed by atoms with van der Waals surface area (Å²) in [6.07, 6.45) is -0.666. The number of fused-ring (bicyclic) bond motifs is 2. The van der Waals surface area contributed by atoms with Crippen LogP contribution in [-0.2, 0) is 19.2 Å². The van der Waals surface area contributed by atoms with Crippen molar-refractivity contribution < 1.29 is 39.6 Å². The Bertz CT molecular complexity index is 498. The van der Waals surface area contributed by atoms with Gasteiger partial charge in [-0.15, -0.1) is 0 Å². The van der Waals surface area contributed by atoms with Gasteiger partial charge in [0, 0.05) is 0 Å². The lowest BCUT2D eigenvalue weighted by Gasteiger charge is -2.39. The van der Waals surface area contributed by atoms with E-state index in [1.54, 1.807) is 0 Å². The molecule has 0 heterocycles. The Kier molecular flexibility index (Phi) is 3.19. The number of carboxylic acids is 4. The fraction of sp³-hybridized carbons (Fsp3) is 0.667. The van der Waals surface area contributed by atoms with Crippen LogP contribution in [0.15, 0.2) is 0 Å². The fourth-order valence-corrected chi connectivity index (χ4v) is 3.85. The Morgan fingerprint density at radius 2 is 1.30 bits per heavy atom. The summed E-state index contributed by atoms with van der Waals surface area (Å²) in [4.78, 5) is 45.4. The number of hydrogen-bond donors (Lipinski definition) is 4. The summed E-state index contributed by atoms with van der Waals surface area (Å²) in [6.45, 7) is 0. The summed E-state index contributed by atoms with van der Waals surface area (Å²) in [7, 11) is 0. The highest BCUT2D eigenvalue weighted by molar-refractivity contribution is 5.90. The smallest absolute Gasteiger partial charge is 0.311 e. The predicted octanol–water partition coefficient (Wildman–Crippen LogP) is -0.0265. The van der Waals surface area contributed by atoms with E-state index in [1.807, 2.05) is 0 Å². The quantitative estimate of drug-likeness (QED) is 0.563. The number of carbonyl (C=O) groups is 4. The third-order valence-electron chi connectivity index (χ3n) is 4.75. The molecule has 0 aromatic heterocycles. The number of rotatable bonds is 4. The molecule has 2 saturated carbocycles. The minimum Gasteiger partial charge on any atom is -0.481 e. The van der Waals surface area contributed by atoms with Crippen molar-refractivity contribution in [2.75, 3.05) is 0 Å². The van der Waals surface area contributed by atoms with Crippen molar-refractivity contribution in [2.45, 2.75) is 19.3 Å². The van der Waals surface area contributed by atoms with E-state index in [0.29, 0.717) is 0 Å². The van der Waals surface area contributed by atoms with Crippen molar-refractivity contribution in [2.24, 2.45) is 29.1 Å². The summed E-state index contributed by atoms with van der Waals surface area (Å²) >= 11 is 0. The predicted molar refractivity (Wildman–Crippen MR) is 60.8 cm³/mol. The SMILES string of the molecule is O=C(O)C1CC(C(=O)O)C2(C(=O)O)CC1CC2C(=O)O. The van der Waals surface area contributed by atoms with Gasteiger partial charge in [0.1, 0.15) is 0 Å². The molecule has 8 nitrogen and oxygen atoms in total. The van der Waals surface area contributed by atoms with Gasteiger partial charge in [0.2, 0.25) is 0 Å². The molecule has 2 bridgehead atoms. The van der Waals surface area contributed by atoms with Crippen molar-refractivity contribution in [1.82, 2.24) is 0 Å². The lowest BCUT2D eigenvalue weighted by atomic mass is 9.61. The molecule has 0 spiro atoms. The van der Waals surface area contributed by atoms with Crippen LogP contribution in [0.2, 0.25) is 0 Å².